The Hall–Kier alpha value is -0.620. The maximum Gasteiger partial charge on any atom is 0.307 e. The zero-order valence-corrected chi connectivity index (χ0v) is 9.88. The fourth-order valence-corrected chi connectivity index (χ4v) is 2.11. The van der Waals surface area contributed by atoms with E-state index in [0.29, 0.717) is 5.75 Å². The van der Waals surface area contributed by atoms with Crippen LogP contribution in [0.3, 0.4) is 0 Å². The number of nitrogens with zero attached hydrogens (tertiary/aromatic N) is 2. The van der Waals surface area contributed by atoms with Gasteiger partial charge in [-0.3, -0.25) is 4.79 Å². The Labute approximate surface area is 94.3 Å². The largest absolute Gasteiger partial charge is 0.481 e. The summed E-state index contributed by atoms with van der Waals surface area (Å²) in [5, 5.41) is 9.44. The van der Waals surface area contributed by atoms with E-state index in [0.717, 1.165) is 9.50 Å². The minimum atomic E-state index is -0.789. The Morgan fingerprint density at radius 1 is 1.79 bits per heavy atom. The summed E-state index contributed by atoms with van der Waals surface area (Å²) in [5.41, 5.74) is 0. The molecular formula is C8H9BrN2O2S. The lowest BCUT2D eigenvalue weighted by Crippen LogP contribution is -2.11. The van der Waals surface area contributed by atoms with Gasteiger partial charge in [0.2, 0.25) is 0 Å². The van der Waals surface area contributed by atoms with E-state index in [9.17, 15) is 4.79 Å². The van der Waals surface area contributed by atoms with Crippen LogP contribution in [0.5, 0.6) is 0 Å². The van der Waals surface area contributed by atoms with Crippen LogP contribution in [-0.4, -0.2) is 26.8 Å². The summed E-state index contributed by atoms with van der Waals surface area (Å²) in [6, 6.07) is 0. The third kappa shape index (κ3) is 3.26. The molecule has 1 aromatic heterocycles. The molecule has 0 amide bonds. The van der Waals surface area contributed by atoms with Crippen molar-refractivity contribution >= 4 is 33.7 Å². The second kappa shape index (κ2) is 5.31. The van der Waals surface area contributed by atoms with Crippen molar-refractivity contribution in [1.82, 2.24) is 9.97 Å². The maximum absolute atomic E-state index is 10.5. The van der Waals surface area contributed by atoms with Crippen LogP contribution in [0, 0.1) is 5.92 Å². The lowest BCUT2D eigenvalue weighted by atomic mass is 10.2. The van der Waals surface area contributed by atoms with Crippen molar-refractivity contribution in [2.24, 2.45) is 5.92 Å². The molecule has 14 heavy (non-hydrogen) atoms. The number of aliphatic carboxylic acids is 1. The Morgan fingerprint density at radius 3 is 3.07 bits per heavy atom. The summed E-state index contributed by atoms with van der Waals surface area (Å²) in [4.78, 5) is 18.4. The number of halogens is 1. The average Bonchev–Trinajstić information content (AvgIpc) is 2.16. The second-order valence-electron chi connectivity index (χ2n) is 2.73. The average molecular weight is 277 g/mol. The molecule has 1 rings (SSSR count). The van der Waals surface area contributed by atoms with Gasteiger partial charge in [-0.25, -0.2) is 9.97 Å². The highest BCUT2D eigenvalue weighted by Gasteiger charge is 2.12. The standard InChI is InChI=1S/C8H9BrN2O2S/c1-5(8(12)13)3-14-7-6(9)2-10-4-11-7/h2,4-5H,3H2,1H3,(H,12,13). The Balaban J connectivity index is 2.54. The number of carboxylic acid groups (broad SMARTS) is 1. The van der Waals surface area contributed by atoms with Crippen molar-refractivity contribution < 1.29 is 9.90 Å². The van der Waals surface area contributed by atoms with Gasteiger partial charge in [-0.15, -0.1) is 11.8 Å². The number of carboxylic acids is 1. The van der Waals surface area contributed by atoms with Crippen LogP contribution in [0.25, 0.3) is 0 Å². The van der Waals surface area contributed by atoms with Gasteiger partial charge in [-0.05, 0) is 15.9 Å². The minimum Gasteiger partial charge on any atom is -0.481 e. The highest BCUT2D eigenvalue weighted by atomic mass is 79.9. The molecule has 76 valence electrons. The van der Waals surface area contributed by atoms with Crippen molar-refractivity contribution in [2.75, 3.05) is 5.75 Å². The van der Waals surface area contributed by atoms with Gasteiger partial charge >= 0.3 is 5.97 Å². The third-order valence-corrected chi connectivity index (χ3v) is 3.63. The van der Waals surface area contributed by atoms with Crippen LogP contribution >= 0.6 is 27.7 Å². The van der Waals surface area contributed by atoms with Crippen LogP contribution < -0.4 is 0 Å². The topological polar surface area (TPSA) is 63.1 Å². The molecule has 0 fully saturated rings. The van der Waals surface area contributed by atoms with Crippen molar-refractivity contribution in [2.45, 2.75) is 11.9 Å². The maximum atomic E-state index is 10.5. The molecule has 0 aliphatic carbocycles. The van der Waals surface area contributed by atoms with E-state index in [2.05, 4.69) is 25.9 Å². The fourth-order valence-electron chi connectivity index (χ4n) is 0.683. The zero-order valence-electron chi connectivity index (χ0n) is 7.48. The molecule has 4 nitrogen and oxygen atoms in total. The van der Waals surface area contributed by atoms with Gasteiger partial charge in [0.25, 0.3) is 0 Å². The minimum absolute atomic E-state index is 0.373. The molecule has 0 bridgehead atoms. The summed E-state index contributed by atoms with van der Waals surface area (Å²) < 4.78 is 0.794. The van der Waals surface area contributed by atoms with E-state index in [1.807, 2.05) is 0 Å². The lowest BCUT2D eigenvalue weighted by molar-refractivity contribution is -0.140. The summed E-state index contributed by atoms with van der Waals surface area (Å²) in [6.45, 7) is 1.67. The van der Waals surface area contributed by atoms with Gasteiger partial charge in [0.05, 0.1) is 10.4 Å². The molecule has 6 heteroatoms. The molecule has 0 saturated heterocycles. The molecule has 0 aromatic carbocycles. The molecule has 1 aromatic rings. The lowest BCUT2D eigenvalue weighted by Gasteiger charge is -2.05. The van der Waals surface area contributed by atoms with Crippen LogP contribution in [0.15, 0.2) is 22.0 Å². The monoisotopic (exact) mass is 276 g/mol. The van der Waals surface area contributed by atoms with Gasteiger partial charge in [-0.1, -0.05) is 6.92 Å². The first-order valence-electron chi connectivity index (χ1n) is 3.92. The first kappa shape index (κ1) is 11.5. The molecule has 0 radical (unpaired) electrons. The van der Waals surface area contributed by atoms with Crippen LogP contribution in [-0.2, 0) is 4.79 Å². The smallest absolute Gasteiger partial charge is 0.307 e. The van der Waals surface area contributed by atoms with E-state index >= 15 is 0 Å². The summed E-state index contributed by atoms with van der Waals surface area (Å²) >= 11 is 4.69. The number of thioether (sulfide) groups is 1. The molecule has 0 aliphatic heterocycles. The van der Waals surface area contributed by atoms with Crippen LogP contribution in [0.2, 0.25) is 0 Å². The van der Waals surface area contributed by atoms with Crippen molar-refractivity contribution in [3.8, 4) is 0 Å². The quantitative estimate of drug-likeness (QED) is 0.674. The van der Waals surface area contributed by atoms with E-state index in [1.54, 1.807) is 13.1 Å². The van der Waals surface area contributed by atoms with Crippen LogP contribution in [0.4, 0.5) is 0 Å². The van der Waals surface area contributed by atoms with E-state index in [4.69, 9.17) is 5.11 Å². The Morgan fingerprint density at radius 2 is 2.50 bits per heavy atom. The normalized spacial score (nSPS) is 12.4. The predicted octanol–water partition coefficient (Wildman–Crippen LogP) is 2.05. The summed E-state index contributed by atoms with van der Waals surface area (Å²) in [7, 11) is 0. The summed E-state index contributed by atoms with van der Waals surface area (Å²) in [5.74, 6) is -0.658. The number of aromatic nitrogens is 2. The van der Waals surface area contributed by atoms with Crippen molar-refractivity contribution in [3.63, 3.8) is 0 Å². The van der Waals surface area contributed by atoms with E-state index in [1.165, 1.54) is 18.1 Å². The second-order valence-corrected chi connectivity index (χ2v) is 4.59. The van der Waals surface area contributed by atoms with Crippen LogP contribution in [0.1, 0.15) is 6.92 Å². The SMILES string of the molecule is CC(CSc1ncncc1Br)C(=O)O. The van der Waals surface area contributed by atoms with Gasteiger partial charge < -0.3 is 5.11 Å². The molecule has 1 heterocycles. The first-order valence-corrected chi connectivity index (χ1v) is 5.70. The molecule has 0 saturated carbocycles. The fraction of sp³-hybridized carbons (Fsp3) is 0.375. The molecule has 1 atom stereocenters. The van der Waals surface area contributed by atoms with E-state index in [-0.39, 0.29) is 5.92 Å². The molecule has 0 aliphatic rings. The third-order valence-electron chi connectivity index (χ3n) is 1.53. The number of carbonyl (C=O) groups is 1. The Bertz CT molecular complexity index is 335. The predicted molar refractivity (Wildman–Crippen MR) is 57.3 cm³/mol. The van der Waals surface area contributed by atoms with Crippen molar-refractivity contribution in [3.05, 3.63) is 17.0 Å². The van der Waals surface area contributed by atoms with Gasteiger partial charge in [0.1, 0.15) is 11.4 Å². The number of rotatable bonds is 4. The summed E-state index contributed by atoms with van der Waals surface area (Å²) in [6.07, 6.45) is 3.08. The molecular weight excluding hydrogens is 268 g/mol. The highest BCUT2D eigenvalue weighted by molar-refractivity contribution is 9.10. The van der Waals surface area contributed by atoms with Gasteiger partial charge in [0, 0.05) is 11.9 Å². The number of hydrogen-bond donors (Lipinski definition) is 1. The van der Waals surface area contributed by atoms with Gasteiger partial charge in [0.15, 0.2) is 0 Å². The highest BCUT2D eigenvalue weighted by Crippen LogP contribution is 2.25. The molecule has 1 unspecified atom stereocenters. The Kier molecular flexibility index (Phi) is 4.34. The molecule has 1 N–H and O–H groups in total. The van der Waals surface area contributed by atoms with E-state index < -0.39 is 5.97 Å². The molecule has 0 spiro atoms. The number of hydrogen-bond acceptors (Lipinski definition) is 4. The first-order chi connectivity index (χ1) is 6.61. The zero-order chi connectivity index (χ0) is 10.6. The van der Waals surface area contributed by atoms with Crippen molar-refractivity contribution in [1.29, 1.82) is 0 Å². The van der Waals surface area contributed by atoms with Gasteiger partial charge in [-0.2, -0.15) is 0 Å².